The van der Waals surface area contributed by atoms with E-state index in [1.54, 1.807) is 6.92 Å². The van der Waals surface area contributed by atoms with Crippen LogP contribution in [0.25, 0.3) is 0 Å². The highest BCUT2D eigenvalue weighted by atomic mass is 16.5. The van der Waals surface area contributed by atoms with Crippen molar-refractivity contribution in [1.82, 2.24) is 0 Å². The Morgan fingerprint density at radius 3 is 2.22 bits per heavy atom. The molecule has 4 atom stereocenters. The van der Waals surface area contributed by atoms with Crippen LogP contribution in [0.4, 0.5) is 0 Å². The Morgan fingerprint density at radius 2 is 1.83 bits per heavy atom. The summed E-state index contributed by atoms with van der Waals surface area (Å²) in [5.41, 5.74) is 5.24. The molecule has 0 aliphatic heterocycles. The van der Waals surface area contributed by atoms with Crippen molar-refractivity contribution in [2.45, 2.75) is 52.6 Å². The van der Waals surface area contributed by atoms with Crippen molar-refractivity contribution < 1.29 is 23.9 Å². The largest absolute Gasteiger partial charge is 0.469 e. The first kappa shape index (κ1) is 20.9. The molecular weight excluding hydrogens is 300 g/mol. The van der Waals surface area contributed by atoms with Crippen molar-refractivity contribution in [1.29, 1.82) is 5.26 Å². The first-order valence-electron chi connectivity index (χ1n) is 7.69. The molecule has 0 aliphatic rings. The fourth-order valence-corrected chi connectivity index (χ4v) is 2.37. The van der Waals surface area contributed by atoms with E-state index in [1.165, 1.54) is 14.0 Å². The summed E-state index contributed by atoms with van der Waals surface area (Å²) >= 11 is 0. The fourth-order valence-electron chi connectivity index (χ4n) is 2.37. The summed E-state index contributed by atoms with van der Waals surface area (Å²) in [6.07, 6.45) is 0.784. The number of carbonyl (C=O) groups is 3. The molecule has 4 unspecified atom stereocenters. The lowest BCUT2D eigenvalue weighted by molar-refractivity contribution is -0.154. The van der Waals surface area contributed by atoms with Gasteiger partial charge in [0.2, 0.25) is 5.91 Å². The monoisotopic (exact) mass is 326 g/mol. The smallest absolute Gasteiger partial charge is 0.308 e. The van der Waals surface area contributed by atoms with Gasteiger partial charge in [-0.3, -0.25) is 14.4 Å². The van der Waals surface area contributed by atoms with Crippen LogP contribution >= 0.6 is 0 Å². The van der Waals surface area contributed by atoms with Crippen LogP contribution in [0, 0.1) is 29.1 Å². The zero-order valence-corrected chi connectivity index (χ0v) is 14.2. The first-order chi connectivity index (χ1) is 10.7. The summed E-state index contributed by atoms with van der Waals surface area (Å²) in [5.74, 6) is -2.87. The van der Waals surface area contributed by atoms with Gasteiger partial charge in [-0.05, 0) is 19.3 Å². The Balaban J connectivity index is 5.09. The van der Waals surface area contributed by atoms with Crippen LogP contribution in [0.1, 0.15) is 46.5 Å². The van der Waals surface area contributed by atoms with Gasteiger partial charge in [-0.1, -0.05) is 13.8 Å². The minimum Gasteiger partial charge on any atom is -0.469 e. The van der Waals surface area contributed by atoms with Crippen molar-refractivity contribution >= 4 is 17.8 Å². The normalized spacial score (nSPS) is 15.6. The van der Waals surface area contributed by atoms with E-state index in [-0.39, 0.29) is 18.8 Å². The molecule has 0 heterocycles. The van der Waals surface area contributed by atoms with Gasteiger partial charge in [-0.15, -0.1) is 0 Å². The number of ether oxygens (including phenoxy) is 2. The number of rotatable bonds is 10. The molecule has 130 valence electrons. The molecule has 0 rings (SSSR count). The van der Waals surface area contributed by atoms with Crippen LogP contribution in [-0.2, 0) is 23.9 Å². The third kappa shape index (κ3) is 8.19. The van der Waals surface area contributed by atoms with E-state index in [1.807, 2.05) is 6.92 Å². The second-order valence-electron chi connectivity index (χ2n) is 5.70. The van der Waals surface area contributed by atoms with Gasteiger partial charge in [0, 0.05) is 25.2 Å². The number of hydrogen-bond donors (Lipinski definition) is 1. The summed E-state index contributed by atoms with van der Waals surface area (Å²) in [7, 11) is 1.26. The second-order valence-corrected chi connectivity index (χ2v) is 5.70. The molecule has 0 spiro atoms. The van der Waals surface area contributed by atoms with Crippen molar-refractivity contribution in [2.75, 3.05) is 7.11 Å². The number of carbonyl (C=O) groups excluding carboxylic acids is 3. The maximum absolute atomic E-state index is 11.9. The minimum absolute atomic E-state index is 0.196. The zero-order valence-electron chi connectivity index (χ0n) is 14.2. The lowest BCUT2D eigenvalue weighted by Crippen LogP contribution is -2.31. The van der Waals surface area contributed by atoms with Crippen molar-refractivity contribution in [3.8, 4) is 6.07 Å². The third-order valence-electron chi connectivity index (χ3n) is 3.76. The van der Waals surface area contributed by atoms with Crippen LogP contribution in [0.2, 0.25) is 0 Å². The SMILES string of the molecule is CCC(C#N)CC(CC(CC(C)C(N)=O)C(=O)OC)OC(C)=O. The molecule has 0 radical (unpaired) electrons. The molecular formula is C16H26N2O5. The van der Waals surface area contributed by atoms with Gasteiger partial charge in [0.1, 0.15) is 6.10 Å². The Labute approximate surface area is 137 Å². The second kappa shape index (κ2) is 10.6. The standard InChI is InChI=1S/C16H26N2O5/c1-5-12(9-17)7-14(23-11(3)19)8-13(16(21)22-4)6-10(2)15(18)20/h10,12-14H,5-8H2,1-4H3,(H2,18,20). The van der Waals surface area contributed by atoms with Crippen molar-refractivity contribution in [3.05, 3.63) is 0 Å². The molecule has 2 N–H and O–H groups in total. The minimum atomic E-state index is -0.622. The summed E-state index contributed by atoms with van der Waals surface area (Å²) < 4.78 is 10.00. The molecule has 7 nitrogen and oxygen atoms in total. The van der Waals surface area contributed by atoms with Gasteiger partial charge >= 0.3 is 11.9 Å². The van der Waals surface area contributed by atoms with Crippen LogP contribution in [-0.4, -0.2) is 31.1 Å². The van der Waals surface area contributed by atoms with Gasteiger partial charge in [0.15, 0.2) is 0 Å². The van der Waals surface area contributed by atoms with Gasteiger partial charge in [-0.25, -0.2) is 0 Å². The molecule has 23 heavy (non-hydrogen) atoms. The predicted octanol–water partition coefficient (Wildman–Crippen LogP) is 1.55. The molecule has 1 amide bonds. The summed E-state index contributed by atoms with van der Waals surface area (Å²) in [6, 6.07) is 2.15. The number of nitrogens with two attached hydrogens (primary N) is 1. The van der Waals surface area contributed by atoms with Crippen LogP contribution in [0.3, 0.4) is 0 Å². The summed E-state index contributed by atoms with van der Waals surface area (Å²) in [6.45, 7) is 4.77. The Morgan fingerprint density at radius 1 is 1.22 bits per heavy atom. The Kier molecular flexibility index (Phi) is 9.63. The van der Waals surface area contributed by atoms with E-state index in [4.69, 9.17) is 20.5 Å². The topological polar surface area (TPSA) is 119 Å². The van der Waals surface area contributed by atoms with Crippen LogP contribution in [0.5, 0.6) is 0 Å². The number of hydrogen-bond acceptors (Lipinski definition) is 6. The Bertz CT molecular complexity index is 458. The van der Waals surface area contributed by atoms with Crippen LogP contribution in [0.15, 0.2) is 0 Å². The highest BCUT2D eigenvalue weighted by Crippen LogP contribution is 2.24. The maximum atomic E-state index is 11.9. The molecule has 0 aliphatic carbocycles. The maximum Gasteiger partial charge on any atom is 0.308 e. The predicted molar refractivity (Wildman–Crippen MR) is 82.7 cm³/mol. The van der Waals surface area contributed by atoms with Gasteiger partial charge in [-0.2, -0.15) is 5.26 Å². The zero-order chi connectivity index (χ0) is 18.0. The van der Waals surface area contributed by atoms with Gasteiger partial charge in [0.05, 0.1) is 19.1 Å². The highest BCUT2D eigenvalue weighted by Gasteiger charge is 2.29. The lowest BCUT2D eigenvalue weighted by Gasteiger charge is -2.24. The first-order valence-corrected chi connectivity index (χ1v) is 7.69. The highest BCUT2D eigenvalue weighted by molar-refractivity contribution is 5.78. The van der Waals surface area contributed by atoms with E-state index in [0.717, 1.165) is 0 Å². The number of esters is 2. The van der Waals surface area contributed by atoms with Crippen molar-refractivity contribution in [3.63, 3.8) is 0 Å². The number of primary amides is 1. The number of methoxy groups -OCH3 is 1. The van der Waals surface area contributed by atoms with Gasteiger partial charge in [0.25, 0.3) is 0 Å². The molecule has 0 fully saturated rings. The average molecular weight is 326 g/mol. The molecule has 0 saturated heterocycles. The van der Waals surface area contributed by atoms with E-state index in [0.29, 0.717) is 12.8 Å². The molecule has 0 bridgehead atoms. The number of amides is 1. The van der Waals surface area contributed by atoms with Crippen LogP contribution < -0.4 is 5.73 Å². The molecule has 0 aromatic rings. The van der Waals surface area contributed by atoms with Gasteiger partial charge < -0.3 is 15.2 Å². The average Bonchev–Trinajstić information content (AvgIpc) is 2.49. The molecule has 0 aromatic heterocycles. The number of nitriles is 1. The molecule has 0 saturated carbocycles. The molecule has 7 heteroatoms. The molecule has 0 aromatic carbocycles. The lowest BCUT2D eigenvalue weighted by atomic mass is 9.87. The van der Waals surface area contributed by atoms with E-state index in [9.17, 15) is 14.4 Å². The fraction of sp³-hybridized carbons (Fsp3) is 0.750. The quantitative estimate of drug-likeness (QED) is 0.608. The van der Waals surface area contributed by atoms with E-state index >= 15 is 0 Å². The third-order valence-corrected chi connectivity index (χ3v) is 3.76. The Hall–Kier alpha value is -2.10. The summed E-state index contributed by atoms with van der Waals surface area (Å²) in [4.78, 5) is 34.4. The number of nitrogens with zero attached hydrogens (tertiary/aromatic N) is 1. The van der Waals surface area contributed by atoms with E-state index in [2.05, 4.69) is 6.07 Å². The van der Waals surface area contributed by atoms with E-state index < -0.39 is 35.8 Å². The summed E-state index contributed by atoms with van der Waals surface area (Å²) in [5, 5.41) is 9.07. The van der Waals surface area contributed by atoms with Crippen molar-refractivity contribution in [2.24, 2.45) is 23.5 Å².